The summed E-state index contributed by atoms with van der Waals surface area (Å²) in [4.78, 5) is 13.3. The number of hydrogen-bond acceptors (Lipinski definition) is 5. The topological polar surface area (TPSA) is 94.3 Å². The fourth-order valence-electron chi connectivity index (χ4n) is 4.29. The minimum absolute atomic E-state index is 0.0479. The van der Waals surface area contributed by atoms with Gasteiger partial charge in [-0.05, 0) is 54.3 Å². The molecule has 0 bridgehead atoms. The molecule has 0 radical (unpaired) electrons. The Balaban J connectivity index is 1.58. The SMILES string of the molecule is CCCCCCCc1nn(C(C)(C)C)c(=O)n1Cc1ccc(-c2ccccc2-c2nnn[nH]2)cc1. The molecule has 4 aromatic rings. The third-order valence-electron chi connectivity index (χ3n) is 6.21. The first-order valence-electron chi connectivity index (χ1n) is 12.5. The van der Waals surface area contributed by atoms with Crippen LogP contribution in [0.25, 0.3) is 22.5 Å². The van der Waals surface area contributed by atoms with Crippen LogP contribution in [0.2, 0.25) is 0 Å². The fraction of sp³-hybridized carbons (Fsp3) is 0.444. The molecule has 2 aromatic carbocycles. The van der Waals surface area contributed by atoms with Crippen LogP contribution in [0.3, 0.4) is 0 Å². The van der Waals surface area contributed by atoms with Crippen LogP contribution in [0.1, 0.15) is 71.2 Å². The van der Waals surface area contributed by atoms with Gasteiger partial charge in [0.2, 0.25) is 0 Å². The highest BCUT2D eigenvalue weighted by Gasteiger charge is 2.22. The molecule has 2 heterocycles. The molecule has 8 nitrogen and oxygen atoms in total. The van der Waals surface area contributed by atoms with Crippen molar-refractivity contribution < 1.29 is 0 Å². The molecule has 0 saturated heterocycles. The predicted molar refractivity (Wildman–Crippen MR) is 138 cm³/mol. The molecule has 35 heavy (non-hydrogen) atoms. The summed E-state index contributed by atoms with van der Waals surface area (Å²) in [5, 5.41) is 19.1. The van der Waals surface area contributed by atoms with Crippen molar-refractivity contribution >= 4 is 0 Å². The summed E-state index contributed by atoms with van der Waals surface area (Å²) in [5.41, 5.74) is 3.71. The van der Waals surface area contributed by atoms with Crippen molar-refractivity contribution in [3.63, 3.8) is 0 Å². The molecule has 0 aliphatic rings. The Morgan fingerprint density at radius 3 is 2.29 bits per heavy atom. The van der Waals surface area contributed by atoms with Crippen molar-refractivity contribution in [1.82, 2.24) is 35.0 Å². The summed E-state index contributed by atoms with van der Waals surface area (Å²) in [7, 11) is 0. The molecule has 0 saturated carbocycles. The van der Waals surface area contributed by atoms with Crippen molar-refractivity contribution in [2.45, 2.75) is 78.3 Å². The minimum atomic E-state index is -0.359. The van der Waals surface area contributed by atoms with Crippen molar-refractivity contribution in [2.24, 2.45) is 0 Å². The van der Waals surface area contributed by atoms with E-state index in [1.54, 1.807) is 4.68 Å². The van der Waals surface area contributed by atoms with Crippen molar-refractivity contribution in [3.05, 3.63) is 70.4 Å². The third kappa shape index (κ3) is 5.75. The van der Waals surface area contributed by atoms with E-state index in [9.17, 15) is 4.79 Å². The minimum Gasteiger partial charge on any atom is -0.274 e. The average Bonchev–Trinajstić information content (AvgIpc) is 3.49. The molecule has 0 spiro atoms. The summed E-state index contributed by atoms with van der Waals surface area (Å²) in [5.74, 6) is 1.50. The number of aromatic amines is 1. The number of tetrazole rings is 1. The molecule has 0 aliphatic heterocycles. The molecular formula is C27H35N7O. The van der Waals surface area contributed by atoms with Gasteiger partial charge < -0.3 is 0 Å². The highest BCUT2D eigenvalue weighted by atomic mass is 16.2. The summed E-state index contributed by atoms with van der Waals surface area (Å²) >= 11 is 0. The molecule has 0 aliphatic carbocycles. The molecule has 4 rings (SSSR count). The van der Waals surface area contributed by atoms with E-state index < -0.39 is 0 Å². The number of rotatable bonds is 10. The maximum absolute atomic E-state index is 13.3. The Morgan fingerprint density at radius 1 is 0.914 bits per heavy atom. The fourth-order valence-corrected chi connectivity index (χ4v) is 4.29. The van der Waals surface area contributed by atoms with Crippen LogP contribution in [-0.2, 0) is 18.5 Å². The number of H-pyrrole nitrogens is 1. The lowest BCUT2D eigenvalue weighted by Crippen LogP contribution is -2.36. The first-order chi connectivity index (χ1) is 16.9. The Bertz CT molecular complexity index is 1280. The van der Waals surface area contributed by atoms with E-state index in [2.05, 4.69) is 57.9 Å². The normalized spacial score (nSPS) is 11.8. The van der Waals surface area contributed by atoms with Crippen molar-refractivity contribution in [1.29, 1.82) is 0 Å². The quantitative estimate of drug-likeness (QED) is 0.319. The van der Waals surface area contributed by atoms with Gasteiger partial charge in [-0.25, -0.2) is 14.6 Å². The van der Waals surface area contributed by atoms with Crippen LogP contribution < -0.4 is 5.69 Å². The van der Waals surface area contributed by atoms with Crippen LogP contribution in [0.4, 0.5) is 0 Å². The summed E-state index contributed by atoms with van der Waals surface area (Å²) in [6.07, 6.45) is 6.74. The van der Waals surface area contributed by atoms with E-state index in [-0.39, 0.29) is 11.2 Å². The van der Waals surface area contributed by atoms with Crippen LogP contribution in [0.5, 0.6) is 0 Å². The lowest BCUT2D eigenvalue weighted by Gasteiger charge is -2.16. The highest BCUT2D eigenvalue weighted by Crippen LogP contribution is 2.29. The lowest BCUT2D eigenvalue weighted by atomic mass is 9.98. The largest absolute Gasteiger partial charge is 0.346 e. The van der Waals surface area contributed by atoms with Crippen molar-refractivity contribution in [3.8, 4) is 22.5 Å². The van der Waals surface area contributed by atoms with E-state index >= 15 is 0 Å². The average molecular weight is 474 g/mol. The number of hydrogen-bond donors (Lipinski definition) is 1. The molecule has 184 valence electrons. The van der Waals surface area contributed by atoms with Crippen LogP contribution in [0.15, 0.2) is 53.3 Å². The lowest BCUT2D eigenvalue weighted by molar-refractivity contribution is 0.339. The first kappa shape index (κ1) is 24.6. The molecule has 8 heteroatoms. The molecule has 2 aromatic heterocycles. The van der Waals surface area contributed by atoms with Gasteiger partial charge in [0, 0.05) is 12.0 Å². The smallest absolute Gasteiger partial charge is 0.274 e. The van der Waals surface area contributed by atoms with Gasteiger partial charge in [0.1, 0.15) is 5.82 Å². The van der Waals surface area contributed by atoms with Crippen molar-refractivity contribution in [2.75, 3.05) is 0 Å². The molecule has 0 amide bonds. The molecular weight excluding hydrogens is 438 g/mol. The number of nitrogens with zero attached hydrogens (tertiary/aromatic N) is 6. The van der Waals surface area contributed by atoms with Crippen LogP contribution >= 0.6 is 0 Å². The van der Waals surface area contributed by atoms with Gasteiger partial charge in [-0.2, -0.15) is 5.10 Å². The second-order valence-electron chi connectivity index (χ2n) is 10.0. The van der Waals surface area contributed by atoms with Gasteiger partial charge in [-0.1, -0.05) is 81.1 Å². The van der Waals surface area contributed by atoms with Gasteiger partial charge in [-0.15, -0.1) is 5.10 Å². The zero-order valence-electron chi connectivity index (χ0n) is 21.2. The summed E-state index contributed by atoms with van der Waals surface area (Å²) < 4.78 is 3.47. The second-order valence-corrected chi connectivity index (χ2v) is 10.0. The Kier molecular flexibility index (Phi) is 7.58. The second kappa shape index (κ2) is 10.8. The monoisotopic (exact) mass is 473 g/mol. The first-order valence-corrected chi connectivity index (χ1v) is 12.5. The van der Waals surface area contributed by atoms with Gasteiger partial charge in [0.05, 0.1) is 12.1 Å². The van der Waals surface area contributed by atoms with E-state index in [1.165, 1.54) is 25.7 Å². The zero-order valence-corrected chi connectivity index (χ0v) is 21.2. The number of benzene rings is 2. The van der Waals surface area contributed by atoms with E-state index in [1.807, 2.05) is 43.5 Å². The van der Waals surface area contributed by atoms with Crippen LogP contribution in [-0.4, -0.2) is 35.0 Å². The van der Waals surface area contributed by atoms with E-state index in [0.717, 1.165) is 40.9 Å². The van der Waals surface area contributed by atoms with Gasteiger partial charge in [0.25, 0.3) is 0 Å². The molecule has 0 fully saturated rings. The maximum atomic E-state index is 13.3. The Hall–Kier alpha value is -3.55. The molecule has 0 unspecified atom stereocenters. The van der Waals surface area contributed by atoms with Gasteiger partial charge >= 0.3 is 5.69 Å². The number of aryl methyl sites for hydroxylation is 1. The van der Waals surface area contributed by atoms with E-state index in [0.29, 0.717) is 12.4 Å². The molecule has 1 N–H and O–H groups in total. The standard InChI is InChI=1S/C27H35N7O/c1-5-6-7-8-9-14-24-30-34(27(2,3)4)26(35)33(24)19-20-15-17-21(18-16-20)22-12-10-11-13-23(22)25-28-31-32-29-25/h10-13,15-18H,5-9,14,19H2,1-4H3,(H,28,29,31,32). The van der Waals surface area contributed by atoms with Gasteiger partial charge in [0.15, 0.2) is 5.82 Å². The van der Waals surface area contributed by atoms with Gasteiger partial charge in [-0.3, -0.25) is 4.57 Å². The summed E-state index contributed by atoms with van der Waals surface area (Å²) in [6.45, 7) is 8.79. The van der Waals surface area contributed by atoms with E-state index in [4.69, 9.17) is 5.10 Å². The maximum Gasteiger partial charge on any atom is 0.346 e. The Morgan fingerprint density at radius 2 is 1.63 bits per heavy atom. The molecule has 0 atom stereocenters. The predicted octanol–water partition coefficient (Wildman–Crippen LogP) is 5.21. The Labute approximate surface area is 206 Å². The summed E-state index contributed by atoms with van der Waals surface area (Å²) in [6, 6.07) is 16.4. The zero-order chi connectivity index (χ0) is 24.8. The number of aromatic nitrogens is 7. The third-order valence-corrected chi connectivity index (χ3v) is 6.21. The van der Waals surface area contributed by atoms with Crippen LogP contribution in [0, 0.1) is 0 Å². The highest BCUT2D eigenvalue weighted by molar-refractivity contribution is 5.80. The number of nitrogens with one attached hydrogen (secondary N) is 1. The number of unbranched alkanes of at least 4 members (excludes halogenated alkanes) is 4.